The van der Waals surface area contributed by atoms with Crippen molar-refractivity contribution in [1.82, 2.24) is 0 Å². The summed E-state index contributed by atoms with van der Waals surface area (Å²) in [7, 11) is -1.32. The predicted molar refractivity (Wildman–Crippen MR) is 85.6 cm³/mol. The first kappa shape index (κ1) is 17.9. The van der Waals surface area contributed by atoms with Gasteiger partial charge in [0.15, 0.2) is 8.32 Å². The average Bonchev–Trinajstić information content (AvgIpc) is 2.24. The van der Waals surface area contributed by atoms with Crippen LogP contribution in [-0.4, -0.2) is 14.4 Å². The Morgan fingerprint density at radius 2 is 1.44 bits per heavy atom. The Balaban J connectivity index is 3.22. The SMILES string of the molecule is C=CCCCCCCCCCC(C)O[Si](C)(C)C. The van der Waals surface area contributed by atoms with Gasteiger partial charge >= 0.3 is 0 Å². The van der Waals surface area contributed by atoms with Crippen molar-refractivity contribution in [2.45, 2.75) is 90.5 Å². The van der Waals surface area contributed by atoms with Gasteiger partial charge in [-0.25, -0.2) is 0 Å². The molecule has 0 aliphatic rings. The lowest BCUT2D eigenvalue weighted by molar-refractivity contribution is 0.199. The smallest absolute Gasteiger partial charge is 0.184 e. The van der Waals surface area contributed by atoms with Gasteiger partial charge in [0.05, 0.1) is 0 Å². The Bertz CT molecular complexity index is 196. The van der Waals surface area contributed by atoms with Crippen molar-refractivity contribution in [2.75, 3.05) is 0 Å². The van der Waals surface area contributed by atoms with Crippen molar-refractivity contribution in [1.29, 1.82) is 0 Å². The molecule has 1 nitrogen and oxygen atoms in total. The summed E-state index contributed by atoms with van der Waals surface area (Å²) >= 11 is 0. The molecule has 0 saturated heterocycles. The summed E-state index contributed by atoms with van der Waals surface area (Å²) in [6, 6.07) is 0. The van der Waals surface area contributed by atoms with Crippen LogP contribution in [0.3, 0.4) is 0 Å². The van der Waals surface area contributed by atoms with Crippen molar-refractivity contribution in [2.24, 2.45) is 0 Å². The maximum absolute atomic E-state index is 6.04. The van der Waals surface area contributed by atoms with Crippen LogP contribution in [-0.2, 0) is 4.43 Å². The Kier molecular flexibility index (Phi) is 10.8. The molecule has 18 heavy (non-hydrogen) atoms. The molecule has 0 amide bonds. The second-order valence-electron chi connectivity index (χ2n) is 6.38. The Hall–Kier alpha value is -0.0831. The summed E-state index contributed by atoms with van der Waals surface area (Å²) in [6.45, 7) is 12.8. The fourth-order valence-electron chi connectivity index (χ4n) is 2.27. The lowest BCUT2D eigenvalue weighted by Crippen LogP contribution is -2.30. The number of allylic oxidation sites excluding steroid dienone is 1. The van der Waals surface area contributed by atoms with Crippen LogP contribution in [0.15, 0.2) is 12.7 Å². The first-order chi connectivity index (χ1) is 8.45. The monoisotopic (exact) mass is 270 g/mol. The molecule has 0 radical (unpaired) electrons. The second kappa shape index (κ2) is 10.8. The summed E-state index contributed by atoms with van der Waals surface area (Å²) in [4.78, 5) is 0. The first-order valence-corrected chi connectivity index (χ1v) is 11.2. The zero-order chi connectivity index (χ0) is 13.9. The van der Waals surface area contributed by atoms with Crippen LogP contribution in [0, 0.1) is 0 Å². The van der Waals surface area contributed by atoms with Gasteiger partial charge in [0.2, 0.25) is 0 Å². The molecule has 0 aromatic heterocycles. The third-order valence-corrected chi connectivity index (χ3v) is 4.18. The molecule has 1 unspecified atom stereocenters. The molecular formula is C16H34OSi. The van der Waals surface area contributed by atoms with E-state index in [1.165, 1.54) is 57.8 Å². The van der Waals surface area contributed by atoms with E-state index in [4.69, 9.17) is 4.43 Å². The van der Waals surface area contributed by atoms with Crippen LogP contribution >= 0.6 is 0 Å². The molecule has 0 aromatic rings. The highest BCUT2D eigenvalue weighted by molar-refractivity contribution is 6.69. The maximum Gasteiger partial charge on any atom is 0.184 e. The first-order valence-electron chi connectivity index (χ1n) is 7.74. The van der Waals surface area contributed by atoms with Crippen molar-refractivity contribution >= 4 is 8.32 Å². The molecule has 2 heteroatoms. The van der Waals surface area contributed by atoms with E-state index < -0.39 is 8.32 Å². The minimum absolute atomic E-state index is 0.462. The Labute approximate surface area is 116 Å². The molecule has 0 rings (SSSR count). The van der Waals surface area contributed by atoms with E-state index in [0.717, 1.165) is 0 Å². The van der Waals surface area contributed by atoms with Gasteiger partial charge in [-0.1, -0.05) is 44.6 Å². The van der Waals surface area contributed by atoms with E-state index in [1.807, 2.05) is 6.08 Å². The van der Waals surface area contributed by atoms with E-state index in [0.29, 0.717) is 6.10 Å². The maximum atomic E-state index is 6.04. The molecule has 0 N–H and O–H groups in total. The highest BCUT2D eigenvalue weighted by atomic mass is 28.4. The van der Waals surface area contributed by atoms with Gasteiger partial charge in [-0.15, -0.1) is 6.58 Å². The summed E-state index contributed by atoms with van der Waals surface area (Å²) in [5.74, 6) is 0. The van der Waals surface area contributed by atoms with Crippen LogP contribution in [0.5, 0.6) is 0 Å². The van der Waals surface area contributed by atoms with Crippen LogP contribution in [0.25, 0.3) is 0 Å². The fourth-order valence-corrected chi connectivity index (χ4v) is 3.59. The fraction of sp³-hybridized carbons (Fsp3) is 0.875. The molecular weight excluding hydrogens is 236 g/mol. The van der Waals surface area contributed by atoms with Crippen molar-refractivity contribution in [3.63, 3.8) is 0 Å². The third-order valence-electron chi connectivity index (χ3n) is 3.07. The zero-order valence-electron chi connectivity index (χ0n) is 13.1. The van der Waals surface area contributed by atoms with E-state index in [1.54, 1.807) is 0 Å². The van der Waals surface area contributed by atoms with Crippen LogP contribution in [0.1, 0.15) is 64.7 Å². The van der Waals surface area contributed by atoms with Gasteiger partial charge in [-0.05, 0) is 45.8 Å². The minimum atomic E-state index is -1.32. The van der Waals surface area contributed by atoms with Gasteiger partial charge in [0, 0.05) is 6.10 Å². The molecule has 1 atom stereocenters. The van der Waals surface area contributed by atoms with Crippen molar-refractivity contribution < 1.29 is 4.43 Å². The molecule has 0 saturated carbocycles. The quantitative estimate of drug-likeness (QED) is 0.243. The van der Waals surface area contributed by atoms with Gasteiger partial charge < -0.3 is 4.43 Å². The van der Waals surface area contributed by atoms with Crippen molar-refractivity contribution in [3.05, 3.63) is 12.7 Å². The lowest BCUT2D eigenvalue weighted by atomic mass is 10.1. The summed E-state index contributed by atoms with van der Waals surface area (Å²) in [5.41, 5.74) is 0. The normalized spacial score (nSPS) is 13.6. The molecule has 0 fully saturated rings. The average molecular weight is 271 g/mol. The third kappa shape index (κ3) is 14.0. The lowest BCUT2D eigenvalue weighted by Gasteiger charge is -2.23. The summed E-state index contributed by atoms with van der Waals surface area (Å²) in [5, 5.41) is 0. The Morgan fingerprint density at radius 3 is 1.94 bits per heavy atom. The largest absolute Gasteiger partial charge is 0.415 e. The number of hydrogen-bond donors (Lipinski definition) is 0. The number of rotatable bonds is 12. The highest BCUT2D eigenvalue weighted by Gasteiger charge is 2.17. The topological polar surface area (TPSA) is 9.23 Å². The van der Waals surface area contributed by atoms with E-state index in [2.05, 4.69) is 33.1 Å². The van der Waals surface area contributed by atoms with Gasteiger partial charge in [0.25, 0.3) is 0 Å². The molecule has 108 valence electrons. The highest BCUT2D eigenvalue weighted by Crippen LogP contribution is 2.14. The predicted octanol–water partition coefficient (Wildman–Crippen LogP) is 5.92. The number of unbranched alkanes of at least 4 members (excludes halogenated alkanes) is 7. The van der Waals surface area contributed by atoms with Gasteiger partial charge in [-0.3, -0.25) is 0 Å². The molecule has 0 bridgehead atoms. The zero-order valence-corrected chi connectivity index (χ0v) is 14.1. The Morgan fingerprint density at radius 1 is 0.944 bits per heavy atom. The summed E-state index contributed by atoms with van der Waals surface area (Å²) in [6.07, 6.45) is 14.5. The van der Waals surface area contributed by atoms with Gasteiger partial charge in [0.1, 0.15) is 0 Å². The second-order valence-corrected chi connectivity index (χ2v) is 10.8. The molecule has 0 heterocycles. The van der Waals surface area contributed by atoms with Crippen LogP contribution in [0.4, 0.5) is 0 Å². The standard InChI is InChI=1S/C16H34OSi/c1-6-7-8-9-10-11-12-13-14-15-16(2)17-18(3,4)5/h6,16H,1,7-15H2,2-5H3. The van der Waals surface area contributed by atoms with Crippen LogP contribution < -0.4 is 0 Å². The molecule has 0 aliphatic heterocycles. The van der Waals surface area contributed by atoms with Crippen molar-refractivity contribution in [3.8, 4) is 0 Å². The van der Waals surface area contributed by atoms with E-state index in [-0.39, 0.29) is 0 Å². The summed E-state index contributed by atoms with van der Waals surface area (Å²) < 4.78 is 6.04. The van der Waals surface area contributed by atoms with E-state index >= 15 is 0 Å². The molecule has 0 aliphatic carbocycles. The minimum Gasteiger partial charge on any atom is -0.415 e. The van der Waals surface area contributed by atoms with E-state index in [9.17, 15) is 0 Å². The van der Waals surface area contributed by atoms with Crippen LogP contribution in [0.2, 0.25) is 19.6 Å². The number of hydrogen-bond acceptors (Lipinski definition) is 1. The molecule has 0 aromatic carbocycles. The molecule has 0 spiro atoms. The van der Waals surface area contributed by atoms with Gasteiger partial charge in [-0.2, -0.15) is 0 Å².